The summed E-state index contributed by atoms with van der Waals surface area (Å²) in [5.41, 5.74) is 1.10. The van der Waals surface area contributed by atoms with Crippen molar-refractivity contribution in [2.24, 2.45) is 0 Å². The molecule has 0 aliphatic rings. The number of hydrogen-bond acceptors (Lipinski definition) is 4. The molecule has 3 N–H and O–H groups in total. The van der Waals surface area contributed by atoms with Crippen LogP contribution in [0.5, 0.6) is 0 Å². The van der Waals surface area contributed by atoms with Crippen LogP contribution in [0, 0.1) is 0 Å². The summed E-state index contributed by atoms with van der Waals surface area (Å²) >= 11 is 1.81. The molecule has 1 unspecified atom stereocenters. The lowest BCUT2D eigenvalue weighted by Crippen LogP contribution is -2.37. The lowest BCUT2D eigenvalue weighted by molar-refractivity contribution is 0.238. The largest absolute Gasteiger partial charge is 0.338 e. The predicted molar refractivity (Wildman–Crippen MR) is 92.5 cm³/mol. The Bertz CT molecular complexity index is 585. The van der Waals surface area contributed by atoms with Gasteiger partial charge < -0.3 is 10.6 Å². The summed E-state index contributed by atoms with van der Waals surface area (Å²) in [6.45, 7) is 4.72. The number of amides is 2. The third-order valence-electron chi connectivity index (χ3n) is 3.38. The molecule has 0 saturated carbocycles. The number of rotatable bonds is 8. The van der Waals surface area contributed by atoms with Crippen LogP contribution in [0.25, 0.3) is 0 Å². The zero-order valence-corrected chi connectivity index (χ0v) is 14.3. The molecule has 0 saturated heterocycles. The number of urea groups is 1. The van der Waals surface area contributed by atoms with Crippen molar-refractivity contribution < 1.29 is 4.79 Å². The zero-order chi connectivity index (χ0) is 16.5. The van der Waals surface area contributed by atoms with Crippen LogP contribution in [0.3, 0.4) is 0 Å². The molecule has 124 valence electrons. The molecule has 2 rings (SSSR count). The molecule has 0 aliphatic carbocycles. The van der Waals surface area contributed by atoms with E-state index in [4.69, 9.17) is 0 Å². The van der Waals surface area contributed by atoms with Crippen LogP contribution < -0.4 is 10.6 Å². The summed E-state index contributed by atoms with van der Waals surface area (Å²) < 4.78 is 0. The minimum Gasteiger partial charge on any atom is -0.338 e. The summed E-state index contributed by atoms with van der Waals surface area (Å²) in [5.74, 6) is 1.90. The van der Waals surface area contributed by atoms with Crippen LogP contribution in [0.1, 0.15) is 37.7 Å². The average molecular weight is 333 g/mol. The van der Waals surface area contributed by atoms with Crippen LogP contribution in [0.15, 0.2) is 35.5 Å². The summed E-state index contributed by atoms with van der Waals surface area (Å²) in [6.07, 6.45) is 3.08. The smallest absolute Gasteiger partial charge is 0.315 e. The van der Waals surface area contributed by atoms with Gasteiger partial charge in [-0.15, -0.1) is 11.8 Å². The van der Waals surface area contributed by atoms with Gasteiger partial charge in [0.15, 0.2) is 0 Å². The van der Waals surface area contributed by atoms with Crippen LogP contribution >= 0.6 is 11.8 Å². The molecule has 0 bridgehead atoms. The van der Waals surface area contributed by atoms with E-state index in [0.29, 0.717) is 6.54 Å². The fourth-order valence-corrected chi connectivity index (χ4v) is 2.82. The highest BCUT2D eigenvalue weighted by Crippen LogP contribution is 2.20. The van der Waals surface area contributed by atoms with E-state index in [-0.39, 0.29) is 12.1 Å². The lowest BCUT2D eigenvalue weighted by atomic mass is 10.1. The molecule has 0 aliphatic heterocycles. The molecule has 7 heteroatoms. The Kier molecular flexibility index (Phi) is 6.93. The van der Waals surface area contributed by atoms with Gasteiger partial charge >= 0.3 is 6.03 Å². The van der Waals surface area contributed by atoms with E-state index < -0.39 is 0 Å². The van der Waals surface area contributed by atoms with Gasteiger partial charge in [0.05, 0.1) is 6.04 Å². The second-order valence-electron chi connectivity index (χ2n) is 5.16. The number of aryl methyl sites for hydroxylation is 1. The van der Waals surface area contributed by atoms with Gasteiger partial charge in [-0.2, -0.15) is 5.10 Å². The second kappa shape index (κ2) is 9.19. The molecule has 1 heterocycles. The SMILES string of the molecule is CCSc1ccc(C(C)NC(=O)NCCCc2ncn[nH]2)cc1. The maximum absolute atomic E-state index is 11.9. The Morgan fingerprint density at radius 3 is 2.78 bits per heavy atom. The first-order valence-corrected chi connectivity index (χ1v) is 8.79. The maximum Gasteiger partial charge on any atom is 0.315 e. The molecule has 1 atom stereocenters. The number of thioether (sulfide) groups is 1. The number of aromatic amines is 1. The van der Waals surface area contributed by atoms with Gasteiger partial charge in [-0.25, -0.2) is 9.78 Å². The van der Waals surface area contributed by atoms with E-state index in [1.54, 1.807) is 0 Å². The highest BCUT2D eigenvalue weighted by molar-refractivity contribution is 7.99. The van der Waals surface area contributed by atoms with Gasteiger partial charge in [-0.1, -0.05) is 19.1 Å². The lowest BCUT2D eigenvalue weighted by Gasteiger charge is -2.15. The van der Waals surface area contributed by atoms with E-state index in [9.17, 15) is 4.79 Å². The fraction of sp³-hybridized carbons (Fsp3) is 0.438. The number of benzene rings is 1. The van der Waals surface area contributed by atoms with Crippen molar-refractivity contribution in [3.05, 3.63) is 42.0 Å². The Labute approximate surface area is 140 Å². The highest BCUT2D eigenvalue weighted by atomic mass is 32.2. The number of nitrogens with zero attached hydrogens (tertiary/aromatic N) is 2. The quantitative estimate of drug-likeness (QED) is 0.512. The molecule has 1 aromatic heterocycles. The maximum atomic E-state index is 11.9. The van der Waals surface area contributed by atoms with Gasteiger partial charge in [0.25, 0.3) is 0 Å². The molecular formula is C16H23N5OS. The van der Waals surface area contributed by atoms with E-state index >= 15 is 0 Å². The van der Waals surface area contributed by atoms with Gasteiger partial charge in [0.1, 0.15) is 12.2 Å². The van der Waals surface area contributed by atoms with E-state index in [1.807, 2.05) is 18.7 Å². The third-order valence-corrected chi connectivity index (χ3v) is 4.27. The van der Waals surface area contributed by atoms with E-state index in [1.165, 1.54) is 11.2 Å². The number of aromatic nitrogens is 3. The topological polar surface area (TPSA) is 82.7 Å². The van der Waals surface area contributed by atoms with Crippen LogP contribution in [0.2, 0.25) is 0 Å². The Balaban J connectivity index is 1.69. The highest BCUT2D eigenvalue weighted by Gasteiger charge is 2.09. The molecular weight excluding hydrogens is 310 g/mol. The number of nitrogens with one attached hydrogen (secondary N) is 3. The average Bonchev–Trinajstić information content (AvgIpc) is 3.06. The van der Waals surface area contributed by atoms with Crippen molar-refractivity contribution in [3.63, 3.8) is 0 Å². The molecule has 1 aromatic carbocycles. The van der Waals surface area contributed by atoms with Crippen molar-refractivity contribution in [2.75, 3.05) is 12.3 Å². The molecule has 6 nitrogen and oxygen atoms in total. The Morgan fingerprint density at radius 2 is 2.13 bits per heavy atom. The standard InChI is InChI=1S/C16H23N5OS/c1-3-23-14-8-6-13(7-9-14)12(2)20-16(22)17-10-4-5-15-18-11-19-21-15/h6-9,11-12H,3-5,10H2,1-2H3,(H2,17,20,22)(H,18,19,21). The molecule has 2 amide bonds. The van der Waals surface area contributed by atoms with E-state index in [0.717, 1.165) is 30.0 Å². The van der Waals surface area contributed by atoms with Gasteiger partial charge in [-0.05, 0) is 36.8 Å². The molecule has 23 heavy (non-hydrogen) atoms. The Hall–Kier alpha value is -2.02. The van der Waals surface area contributed by atoms with Gasteiger partial charge in [0.2, 0.25) is 0 Å². The molecule has 2 aromatic rings. The molecule has 0 fully saturated rings. The number of hydrogen-bond donors (Lipinski definition) is 3. The zero-order valence-electron chi connectivity index (χ0n) is 13.5. The van der Waals surface area contributed by atoms with Crippen LogP contribution in [-0.4, -0.2) is 33.5 Å². The van der Waals surface area contributed by atoms with E-state index in [2.05, 4.69) is 57.0 Å². The van der Waals surface area contributed by atoms with Gasteiger partial charge in [-0.3, -0.25) is 5.10 Å². The van der Waals surface area contributed by atoms with Crippen molar-refractivity contribution in [3.8, 4) is 0 Å². The minimum atomic E-state index is -0.151. The van der Waals surface area contributed by atoms with Crippen molar-refractivity contribution in [1.82, 2.24) is 25.8 Å². The molecule has 0 radical (unpaired) electrons. The summed E-state index contributed by atoms with van der Waals surface area (Å²) in [7, 11) is 0. The first kappa shape index (κ1) is 17.3. The normalized spacial score (nSPS) is 11.9. The first-order chi connectivity index (χ1) is 11.2. The van der Waals surface area contributed by atoms with Crippen molar-refractivity contribution in [1.29, 1.82) is 0 Å². The summed E-state index contributed by atoms with van der Waals surface area (Å²) in [4.78, 5) is 17.2. The monoisotopic (exact) mass is 333 g/mol. The number of carbonyl (C=O) groups excluding carboxylic acids is 1. The van der Waals surface area contributed by atoms with Crippen LogP contribution in [-0.2, 0) is 6.42 Å². The summed E-state index contributed by atoms with van der Waals surface area (Å²) in [5, 5.41) is 12.4. The minimum absolute atomic E-state index is 0.0232. The third kappa shape index (κ3) is 5.94. The predicted octanol–water partition coefficient (Wildman–Crippen LogP) is 2.91. The molecule has 0 spiro atoms. The Morgan fingerprint density at radius 1 is 1.35 bits per heavy atom. The van der Waals surface area contributed by atoms with Crippen molar-refractivity contribution in [2.45, 2.75) is 37.6 Å². The van der Waals surface area contributed by atoms with Crippen molar-refractivity contribution >= 4 is 17.8 Å². The number of H-pyrrole nitrogens is 1. The van der Waals surface area contributed by atoms with Crippen LogP contribution in [0.4, 0.5) is 4.79 Å². The second-order valence-corrected chi connectivity index (χ2v) is 6.50. The first-order valence-electron chi connectivity index (χ1n) is 7.80. The summed E-state index contributed by atoms with van der Waals surface area (Å²) in [6, 6.07) is 8.14. The fourth-order valence-electron chi connectivity index (χ4n) is 2.16. The van der Waals surface area contributed by atoms with Gasteiger partial charge in [0, 0.05) is 17.9 Å². The number of carbonyl (C=O) groups is 1.